The maximum Gasteiger partial charge on any atom is 0.341 e. The van der Waals surface area contributed by atoms with Gasteiger partial charge in [0.05, 0.1) is 24.0 Å². The summed E-state index contributed by atoms with van der Waals surface area (Å²) >= 11 is 0. The summed E-state index contributed by atoms with van der Waals surface area (Å²) in [5, 5.41) is 23.3. The topological polar surface area (TPSA) is 133 Å². The molecule has 10 heteroatoms. The van der Waals surface area contributed by atoms with Gasteiger partial charge >= 0.3 is 11.9 Å². The molecule has 2 aliphatic carbocycles. The van der Waals surface area contributed by atoms with Gasteiger partial charge in [-0.1, -0.05) is 0 Å². The highest BCUT2D eigenvalue weighted by atomic mass is 16.7. The molecule has 5 rings (SSSR count). The molecule has 0 unspecified atom stereocenters. The highest BCUT2D eigenvalue weighted by Gasteiger charge is 2.95. The van der Waals surface area contributed by atoms with Crippen LogP contribution in [-0.2, 0) is 38.0 Å². The molecule has 0 aromatic rings. The molecule has 0 aromatic carbocycles. The Morgan fingerprint density at radius 1 is 1.12 bits per heavy atom. The van der Waals surface area contributed by atoms with E-state index in [-0.39, 0.29) is 5.57 Å². The van der Waals surface area contributed by atoms with Gasteiger partial charge in [0, 0.05) is 20.1 Å². The number of ether oxygens (including phenoxy) is 6. The summed E-state index contributed by atoms with van der Waals surface area (Å²) in [4.78, 5) is 26.2. The van der Waals surface area contributed by atoms with Gasteiger partial charge in [-0.2, -0.15) is 0 Å². The zero-order chi connectivity index (χ0) is 23.6. The van der Waals surface area contributed by atoms with Crippen molar-refractivity contribution >= 4 is 11.9 Å². The Kier molecular flexibility index (Phi) is 4.30. The van der Waals surface area contributed by atoms with Gasteiger partial charge in [-0.15, -0.1) is 0 Å². The summed E-state index contributed by atoms with van der Waals surface area (Å²) in [5.74, 6) is -2.82. The molecule has 2 bridgehead atoms. The van der Waals surface area contributed by atoms with Gasteiger partial charge in [0.15, 0.2) is 5.60 Å². The summed E-state index contributed by atoms with van der Waals surface area (Å²) in [7, 11) is 4.32. The van der Waals surface area contributed by atoms with Crippen molar-refractivity contribution in [3.8, 4) is 0 Å². The number of fused-ring (bicyclic) bond motifs is 8. The second-order valence-electron chi connectivity index (χ2n) is 10.2. The van der Waals surface area contributed by atoms with Gasteiger partial charge in [0.2, 0.25) is 0 Å². The number of epoxide rings is 1. The lowest BCUT2D eigenvalue weighted by Gasteiger charge is -2.59. The van der Waals surface area contributed by atoms with Crippen LogP contribution in [0.2, 0.25) is 0 Å². The quantitative estimate of drug-likeness (QED) is 0.252. The molecule has 2 N–H and O–H groups in total. The van der Waals surface area contributed by atoms with Crippen LogP contribution < -0.4 is 0 Å². The Morgan fingerprint density at radius 2 is 1.78 bits per heavy atom. The third-order valence-corrected chi connectivity index (χ3v) is 8.68. The number of allylic oxidation sites excluding steroid dienone is 1. The maximum atomic E-state index is 13.1. The first-order chi connectivity index (χ1) is 14.9. The Balaban J connectivity index is 1.77. The Labute approximate surface area is 185 Å². The fourth-order valence-electron chi connectivity index (χ4n) is 7.36. The first-order valence-corrected chi connectivity index (χ1v) is 10.7. The molecule has 32 heavy (non-hydrogen) atoms. The van der Waals surface area contributed by atoms with E-state index in [1.807, 2.05) is 0 Å². The van der Waals surface area contributed by atoms with E-state index in [0.717, 1.165) is 0 Å². The summed E-state index contributed by atoms with van der Waals surface area (Å²) in [6, 6.07) is 0. The van der Waals surface area contributed by atoms with Crippen molar-refractivity contribution in [2.75, 3.05) is 21.3 Å². The number of rotatable bonds is 4. The molecule has 2 saturated carbocycles. The van der Waals surface area contributed by atoms with Crippen LogP contribution in [-0.4, -0.2) is 90.8 Å². The molecule has 3 heterocycles. The van der Waals surface area contributed by atoms with Crippen molar-refractivity contribution in [1.29, 1.82) is 0 Å². The highest BCUT2D eigenvalue weighted by molar-refractivity contribution is 5.94. The number of aliphatic hydroxyl groups is 2. The average molecular weight is 454 g/mol. The summed E-state index contributed by atoms with van der Waals surface area (Å²) in [6.45, 7) is 6.50. The van der Waals surface area contributed by atoms with Crippen LogP contribution in [0.1, 0.15) is 27.7 Å². The minimum Gasteiger partial charge on any atom is -0.501 e. The van der Waals surface area contributed by atoms with Gasteiger partial charge in [-0.25, -0.2) is 4.79 Å². The fraction of sp³-hybridized carbons (Fsp3) is 0.818. The number of carbonyl (C=O) groups excluding carboxylic acids is 2. The van der Waals surface area contributed by atoms with Crippen molar-refractivity contribution in [3.63, 3.8) is 0 Å². The Hall–Kier alpha value is -1.72. The van der Waals surface area contributed by atoms with Crippen LogP contribution in [0.4, 0.5) is 0 Å². The zero-order valence-electron chi connectivity index (χ0n) is 19.2. The lowest BCUT2D eigenvalue weighted by atomic mass is 9.49. The van der Waals surface area contributed by atoms with E-state index >= 15 is 0 Å². The van der Waals surface area contributed by atoms with E-state index in [0.29, 0.717) is 5.76 Å². The SMILES string of the molecule is CO/C(C)=C1/C(=O)O[C@]2([C@@H]1OC)[C@@H]1O[C@H]1[C@@]1(O)[C@H]3C(=O)O[C@H]([C@@H]3C(C)(C)O)[C@@H](OC)[C@]12C. The summed E-state index contributed by atoms with van der Waals surface area (Å²) in [6.07, 6.45) is -4.31. The van der Waals surface area contributed by atoms with Crippen LogP contribution in [0.15, 0.2) is 11.3 Å². The fourth-order valence-corrected chi connectivity index (χ4v) is 7.36. The summed E-state index contributed by atoms with van der Waals surface area (Å²) in [5.41, 5.74) is -5.88. The van der Waals surface area contributed by atoms with Crippen molar-refractivity contribution in [2.45, 2.75) is 75.0 Å². The van der Waals surface area contributed by atoms with Crippen LogP contribution >= 0.6 is 0 Å². The van der Waals surface area contributed by atoms with Gasteiger partial charge in [0.25, 0.3) is 0 Å². The third-order valence-electron chi connectivity index (χ3n) is 8.68. The molecule has 3 saturated heterocycles. The van der Waals surface area contributed by atoms with E-state index < -0.39 is 76.5 Å². The number of hydrogen-bond donors (Lipinski definition) is 2. The van der Waals surface area contributed by atoms with Gasteiger partial charge < -0.3 is 38.6 Å². The first kappa shape index (κ1) is 22.1. The predicted molar refractivity (Wildman–Crippen MR) is 105 cm³/mol. The molecule has 0 aromatic heterocycles. The van der Waals surface area contributed by atoms with Crippen LogP contribution in [0.3, 0.4) is 0 Å². The number of carbonyl (C=O) groups is 2. The molecule has 10 atom stereocenters. The normalized spacial score (nSPS) is 52.5. The second kappa shape index (κ2) is 6.24. The average Bonchev–Trinajstić information content (AvgIpc) is 3.34. The van der Waals surface area contributed by atoms with Crippen LogP contribution in [0.5, 0.6) is 0 Å². The minimum absolute atomic E-state index is 0.189. The van der Waals surface area contributed by atoms with Crippen molar-refractivity contribution in [1.82, 2.24) is 0 Å². The zero-order valence-corrected chi connectivity index (χ0v) is 19.2. The van der Waals surface area contributed by atoms with Crippen molar-refractivity contribution in [3.05, 3.63) is 11.3 Å². The predicted octanol–water partition coefficient (Wildman–Crippen LogP) is -0.307. The summed E-state index contributed by atoms with van der Waals surface area (Å²) < 4.78 is 34.7. The van der Waals surface area contributed by atoms with Crippen LogP contribution in [0, 0.1) is 17.3 Å². The number of esters is 2. The lowest BCUT2D eigenvalue weighted by Crippen LogP contribution is -2.76. The maximum absolute atomic E-state index is 13.1. The first-order valence-electron chi connectivity index (χ1n) is 10.7. The smallest absolute Gasteiger partial charge is 0.341 e. The Morgan fingerprint density at radius 3 is 2.31 bits per heavy atom. The van der Waals surface area contributed by atoms with Crippen LogP contribution in [0.25, 0.3) is 0 Å². The van der Waals surface area contributed by atoms with E-state index in [1.165, 1.54) is 21.3 Å². The molecular formula is C22H30O10. The van der Waals surface area contributed by atoms with Gasteiger partial charge in [-0.05, 0) is 27.7 Å². The molecule has 5 aliphatic rings. The monoisotopic (exact) mass is 454 g/mol. The van der Waals surface area contributed by atoms with E-state index in [9.17, 15) is 19.8 Å². The molecule has 3 aliphatic heterocycles. The van der Waals surface area contributed by atoms with Gasteiger partial charge in [-0.3, -0.25) is 4.79 Å². The molecule has 5 fully saturated rings. The third kappa shape index (κ3) is 2.05. The number of methoxy groups -OCH3 is 3. The molecule has 0 radical (unpaired) electrons. The minimum atomic E-state index is -1.85. The van der Waals surface area contributed by atoms with E-state index in [1.54, 1.807) is 27.7 Å². The van der Waals surface area contributed by atoms with E-state index in [4.69, 9.17) is 28.4 Å². The lowest BCUT2D eigenvalue weighted by molar-refractivity contribution is -0.303. The van der Waals surface area contributed by atoms with E-state index in [2.05, 4.69) is 0 Å². The standard InChI is InChI=1S/C22H30O10/c1-8(27-5)9-13(28-6)22(32-17(9)23)16-15(31-16)21(26)11-10(19(2,3)25)12(30-18(11)24)14(29-7)20(21,22)4/h10-16,25-26H,1-7H3/b9-8+/t10-,11-,12-,13-,14-,15-,16-,20-,21+,22-/m1/s1. The second-order valence-corrected chi connectivity index (χ2v) is 10.2. The highest BCUT2D eigenvalue weighted by Crippen LogP contribution is 2.75. The largest absolute Gasteiger partial charge is 0.501 e. The van der Waals surface area contributed by atoms with Crippen molar-refractivity contribution < 1.29 is 48.2 Å². The Bertz CT molecular complexity index is 922. The molecular weight excluding hydrogens is 424 g/mol. The molecule has 10 nitrogen and oxygen atoms in total. The van der Waals surface area contributed by atoms with Gasteiger partial charge in [0.1, 0.15) is 47.5 Å². The molecule has 178 valence electrons. The molecule has 1 spiro atoms. The van der Waals surface area contributed by atoms with Crippen molar-refractivity contribution in [2.24, 2.45) is 17.3 Å². The number of hydrogen-bond acceptors (Lipinski definition) is 10. The molecule has 0 amide bonds.